The van der Waals surface area contributed by atoms with Gasteiger partial charge in [0, 0.05) is 23.1 Å². The molecule has 1 aromatic heterocycles. The highest BCUT2D eigenvalue weighted by Crippen LogP contribution is 2.41. The molecular weight excluding hydrogens is 411 g/mol. The SMILES string of the molecule is COc1cccc(-c2cc(C(=O)N3N=C(C)CC3(O)C(F)(F)F)c3ccccc3n2)c1. The molecule has 1 aliphatic heterocycles. The number of aliphatic hydroxyl groups is 1. The first-order valence-electron chi connectivity index (χ1n) is 9.36. The Bertz CT molecular complexity index is 1210. The Kier molecular flexibility index (Phi) is 4.93. The molecule has 2 aromatic carbocycles. The summed E-state index contributed by atoms with van der Waals surface area (Å²) < 4.78 is 46.1. The van der Waals surface area contributed by atoms with E-state index in [1.165, 1.54) is 20.1 Å². The monoisotopic (exact) mass is 429 g/mol. The van der Waals surface area contributed by atoms with Crippen molar-refractivity contribution in [2.24, 2.45) is 5.10 Å². The number of carbonyl (C=O) groups excluding carboxylic acids is 1. The molecule has 4 rings (SSSR count). The first kappa shape index (κ1) is 20.8. The van der Waals surface area contributed by atoms with E-state index in [0.717, 1.165) is 0 Å². The molecule has 0 aliphatic carbocycles. The van der Waals surface area contributed by atoms with Gasteiger partial charge in [-0.15, -0.1) is 0 Å². The number of halogens is 3. The number of amides is 1. The zero-order valence-electron chi connectivity index (χ0n) is 16.6. The number of alkyl halides is 3. The average molecular weight is 429 g/mol. The molecule has 3 aromatic rings. The number of aromatic nitrogens is 1. The van der Waals surface area contributed by atoms with Gasteiger partial charge < -0.3 is 9.84 Å². The largest absolute Gasteiger partial charge is 0.497 e. The molecule has 0 saturated carbocycles. The molecule has 1 atom stereocenters. The molecule has 1 unspecified atom stereocenters. The molecule has 0 bridgehead atoms. The highest BCUT2D eigenvalue weighted by molar-refractivity contribution is 6.08. The Balaban J connectivity index is 1.89. The number of methoxy groups -OCH3 is 1. The molecule has 31 heavy (non-hydrogen) atoms. The van der Waals surface area contributed by atoms with Gasteiger partial charge in [-0.3, -0.25) is 4.79 Å². The van der Waals surface area contributed by atoms with Crippen LogP contribution in [0, 0.1) is 0 Å². The van der Waals surface area contributed by atoms with Gasteiger partial charge in [0.05, 0.1) is 23.9 Å². The van der Waals surface area contributed by atoms with Crippen LogP contribution in [0.15, 0.2) is 59.7 Å². The predicted octanol–water partition coefficient (Wildman–Crippen LogP) is 4.38. The molecule has 0 fully saturated rings. The number of pyridine rings is 1. The first-order valence-corrected chi connectivity index (χ1v) is 9.36. The second kappa shape index (κ2) is 7.35. The fraction of sp³-hybridized carbons (Fsp3) is 0.227. The van der Waals surface area contributed by atoms with Crippen molar-refractivity contribution in [2.75, 3.05) is 7.11 Å². The second-order valence-electron chi connectivity index (χ2n) is 7.25. The second-order valence-corrected chi connectivity index (χ2v) is 7.25. The third-order valence-electron chi connectivity index (χ3n) is 5.08. The van der Waals surface area contributed by atoms with Gasteiger partial charge in [0.25, 0.3) is 11.6 Å². The number of rotatable bonds is 3. The zero-order chi connectivity index (χ0) is 22.4. The minimum Gasteiger partial charge on any atom is -0.497 e. The van der Waals surface area contributed by atoms with E-state index < -0.39 is 24.2 Å². The number of nitrogens with zero attached hydrogens (tertiary/aromatic N) is 3. The maximum Gasteiger partial charge on any atom is 0.438 e. The molecule has 6 nitrogen and oxygen atoms in total. The van der Waals surface area contributed by atoms with Crippen molar-refractivity contribution >= 4 is 22.5 Å². The summed E-state index contributed by atoms with van der Waals surface area (Å²) >= 11 is 0. The number of fused-ring (bicyclic) bond motifs is 1. The summed E-state index contributed by atoms with van der Waals surface area (Å²) in [4.78, 5) is 17.8. The fourth-order valence-electron chi connectivity index (χ4n) is 3.55. The maximum atomic E-state index is 13.6. The average Bonchev–Trinajstić information content (AvgIpc) is 3.07. The smallest absolute Gasteiger partial charge is 0.438 e. The van der Waals surface area contributed by atoms with Gasteiger partial charge in [-0.1, -0.05) is 30.3 Å². The summed E-state index contributed by atoms with van der Waals surface area (Å²) in [6.07, 6.45) is -5.89. The Morgan fingerprint density at radius 3 is 2.61 bits per heavy atom. The van der Waals surface area contributed by atoms with Crippen molar-refractivity contribution in [1.29, 1.82) is 0 Å². The van der Waals surface area contributed by atoms with Crippen LogP contribution >= 0.6 is 0 Å². The van der Waals surface area contributed by atoms with E-state index >= 15 is 0 Å². The van der Waals surface area contributed by atoms with Gasteiger partial charge in [-0.2, -0.15) is 23.3 Å². The van der Waals surface area contributed by atoms with Crippen molar-refractivity contribution in [3.8, 4) is 17.0 Å². The van der Waals surface area contributed by atoms with E-state index in [0.29, 0.717) is 27.9 Å². The Morgan fingerprint density at radius 2 is 1.90 bits per heavy atom. The maximum absolute atomic E-state index is 13.6. The van der Waals surface area contributed by atoms with Crippen LogP contribution in [0.1, 0.15) is 23.7 Å². The van der Waals surface area contributed by atoms with E-state index in [2.05, 4.69) is 10.1 Å². The molecule has 1 amide bonds. The van der Waals surface area contributed by atoms with E-state index in [4.69, 9.17) is 4.74 Å². The number of hydrazone groups is 1. The number of hydrogen-bond donors (Lipinski definition) is 1. The lowest BCUT2D eigenvalue weighted by Gasteiger charge is -2.32. The van der Waals surface area contributed by atoms with Crippen LogP contribution in [-0.2, 0) is 0 Å². The van der Waals surface area contributed by atoms with Gasteiger partial charge in [-0.05, 0) is 31.2 Å². The quantitative estimate of drug-likeness (QED) is 0.671. The Hall–Kier alpha value is -3.46. The first-order chi connectivity index (χ1) is 14.6. The van der Waals surface area contributed by atoms with Crippen molar-refractivity contribution in [3.63, 3.8) is 0 Å². The zero-order valence-corrected chi connectivity index (χ0v) is 16.6. The number of hydrogen-bond acceptors (Lipinski definition) is 5. The Labute approximate surface area is 175 Å². The van der Waals surface area contributed by atoms with E-state index in [1.807, 2.05) is 0 Å². The third-order valence-corrected chi connectivity index (χ3v) is 5.08. The minimum absolute atomic E-state index is 0.000411. The lowest BCUT2D eigenvalue weighted by atomic mass is 10.0. The third kappa shape index (κ3) is 3.50. The molecule has 0 radical (unpaired) electrons. The summed E-state index contributed by atoms with van der Waals surface area (Å²) in [5, 5.41) is 14.5. The number of para-hydroxylation sites is 1. The molecule has 1 aliphatic rings. The lowest BCUT2D eigenvalue weighted by Crippen LogP contribution is -2.56. The Morgan fingerprint density at radius 1 is 1.16 bits per heavy atom. The number of ether oxygens (including phenoxy) is 1. The summed E-state index contributed by atoms with van der Waals surface area (Å²) in [5.41, 5.74) is -2.05. The van der Waals surface area contributed by atoms with Crippen LogP contribution < -0.4 is 4.74 Å². The van der Waals surface area contributed by atoms with Crippen molar-refractivity contribution in [3.05, 3.63) is 60.2 Å². The molecular formula is C22H18F3N3O3. The highest BCUT2D eigenvalue weighted by atomic mass is 19.4. The van der Waals surface area contributed by atoms with Gasteiger partial charge in [0.2, 0.25) is 0 Å². The minimum atomic E-state index is -5.08. The standard InChI is InChI=1S/C22H18F3N3O3/c1-13-12-21(30,22(23,24)25)28(27-13)20(29)17-11-19(14-6-5-7-15(10-14)31-2)26-18-9-4-3-8-16(17)18/h3-11,30H,12H2,1-2H3. The topological polar surface area (TPSA) is 75.0 Å². The van der Waals surface area contributed by atoms with Gasteiger partial charge >= 0.3 is 6.18 Å². The van der Waals surface area contributed by atoms with Crippen molar-refractivity contribution in [2.45, 2.75) is 25.2 Å². The summed E-state index contributed by atoms with van der Waals surface area (Å²) in [6.45, 7) is 1.33. The summed E-state index contributed by atoms with van der Waals surface area (Å²) in [7, 11) is 1.51. The number of benzene rings is 2. The van der Waals surface area contributed by atoms with Crippen LogP contribution in [0.3, 0.4) is 0 Å². The van der Waals surface area contributed by atoms with Crippen molar-refractivity contribution in [1.82, 2.24) is 9.99 Å². The molecule has 2 heterocycles. The van der Waals surface area contributed by atoms with Crippen LogP contribution in [0.2, 0.25) is 0 Å². The van der Waals surface area contributed by atoms with E-state index in [1.54, 1.807) is 48.5 Å². The van der Waals surface area contributed by atoms with Gasteiger partial charge in [0.15, 0.2) is 0 Å². The fourth-order valence-corrected chi connectivity index (χ4v) is 3.55. The van der Waals surface area contributed by atoms with Crippen LogP contribution in [0.25, 0.3) is 22.2 Å². The van der Waals surface area contributed by atoms with E-state index in [-0.39, 0.29) is 16.3 Å². The lowest BCUT2D eigenvalue weighted by molar-refractivity contribution is -0.297. The molecule has 0 saturated heterocycles. The molecule has 160 valence electrons. The predicted molar refractivity (Wildman–Crippen MR) is 109 cm³/mol. The van der Waals surface area contributed by atoms with Crippen LogP contribution in [0.5, 0.6) is 5.75 Å². The molecule has 9 heteroatoms. The molecule has 1 N–H and O–H groups in total. The summed E-state index contributed by atoms with van der Waals surface area (Å²) in [6, 6.07) is 14.9. The number of carbonyl (C=O) groups is 1. The van der Waals surface area contributed by atoms with Gasteiger partial charge in [-0.25, -0.2) is 4.98 Å². The van der Waals surface area contributed by atoms with Crippen LogP contribution in [-0.4, -0.2) is 45.7 Å². The normalized spacial score (nSPS) is 18.9. The van der Waals surface area contributed by atoms with Crippen LogP contribution in [0.4, 0.5) is 13.2 Å². The van der Waals surface area contributed by atoms with Crippen molar-refractivity contribution < 1.29 is 27.8 Å². The van der Waals surface area contributed by atoms with Gasteiger partial charge in [0.1, 0.15) is 5.75 Å². The highest BCUT2D eigenvalue weighted by Gasteiger charge is 2.62. The molecule has 0 spiro atoms. The van der Waals surface area contributed by atoms with E-state index in [9.17, 15) is 23.1 Å². The summed E-state index contributed by atoms with van der Waals surface area (Å²) in [5.74, 6) is -0.508.